The van der Waals surface area contributed by atoms with Gasteiger partial charge in [0, 0.05) is 24.4 Å². The molecule has 4 heteroatoms. The molecule has 1 fully saturated rings. The molecule has 2 heterocycles. The highest BCUT2D eigenvalue weighted by Gasteiger charge is 2.24. The third kappa shape index (κ3) is 3.38. The molecule has 3 rings (SSSR count). The number of benzene rings is 1. The first-order valence-electron chi connectivity index (χ1n) is 7.66. The number of thioether (sulfide) groups is 1. The van der Waals surface area contributed by atoms with Crippen LogP contribution in [0.3, 0.4) is 0 Å². The Hall–Kier alpha value is -1.68. The van der Waals surface area contributed by atoms with E-state index in [1.54, 1.807) is 6.26 Å². The van der Waals surface area contributed by atoms with Crippen molar-refractivity contribution < 1.29 is 9.21 Å². The van der Waals surface area contributed by atoms with Crippen molar-refractivity contribution in [3.8, 4) is 0 Å². The van der Waals surface area contributed by atoms with Gasteiger partial charge in [0.15, 0.2) is 0 Å². The molecule has 0 N–H and O–H groups in total. The minimum Gasteiger partial charge on any atom is -0.468 e. The highest BCUT2D eigenvalue weighted by atomic mass is 32.2. The van der Waals surface area contributed by atoms with Crippen LogP contribution in [0.4, 0.5) is 0 Å². The zero-order chi connectivity index (χ0) is 15.5. The van der Waals surface area contributed by atoms with E-state index in [2.05, 4.69) is 6.07 Å². The molecule has 2 aromatic rings. The van der Waals surface area contributed by atoms with Crippen LogP contribution in [0.2, 0.25) is 0 Å². The largest absolute Gasteiger partial charge is 0.468 e. The van der Waals surface area contributed by atoms with Crippen LogP contribution in [0.25, 0.3) is 0 Å². The number of hydrogen-bond donors (Lipinski definition) is 0. The molecule has 0 radical (unpaired) electrons. The van der Waals surface area contributed by atoms with Crippen LogP contribution in [0.1, 0.15) is 38.9 Å². The smallest absolute Gasteiger partial charge is 0.253 e. The first kappa shape index (κ1) is 15.2. The molecule has 0 spiro atoms. The Labute approximate surface area is 135 Å². The Kier molecular flexibility index (Phi) is 4.57. The van der Waals surface area contributed by atoms with Crippen molar-refractivity contribution in [2.75, 3.05) is 18.8 Å². The minimum atomic E-state index is 0.146. The van der Waals surface area contributed by atoms with E-state index in [0.29, 0.717) is 5.25 Å². The Bertz CT molecular complexity index is 631. The molecule has 0 bridgehead atoms. The molecule has 1 aliphatic heterocycles. The van der Waals surface area contributed by atoms with Gasteiger partial charge < -0.3 is 9.32 Å². The summed E-state index contributed by atoms with van der Waals surface area (Å²) in [4.78, 5) is 14.7. The van der Waals surface area contributed by atoms with E-state index in [1.807, 2.05) is 54.8 Å². The first-order valence-corrected chi connectivity index (χ1v) is 8.71. The van der Waals surface area contributed by atoms with Crippen molar-refractivity contribution in [1.82, 2.24) is 4.90 Å². The van der Waals surface area contributed by atoms with E-state index < -0.39 is 0 Å². The van der Waals surface area contributed by atoms with E-state index in [0.717, 1.165) is 47.7 Å². The van der Waals surface area contributed by atoms with Crippen molar-refractivity contribution in [1.29, 1.82) is 0 Å². The predicted octanol–water partition coefficient (Wildman–Crippen LogP) is 4.22. The summed E-state index contributed by atoms with van der Waals surface area (Å²) in [6.07, 6.45) is 2.66. The fourth-order valence-electron chi connectivity index (χ4n) is 2.96. The Morgan fingerprint density at radius 2 is 2.00 bits per heavy atom. The normalized spacial score (nSPS) is 19.0. The van der Waals surface area contributed by atoms with E-state index in [-0.39, 0.29) is 5.91 Å². The Morgan fingerprint density at radius 1 is 1.23 bits per heavy atom. The zero-order valence-electron chi connectivity index (χ0n) is 13.0. The van der Waals surface area contributed by atoms with E-state index in [4.69, 9.17) is 4.42 Å². The van der Waals surface area contributed by atoms with Crippen LogP contribution in [-0.2, 0) is 0 Å². The Morgan fingerprint density at radius 3 is 2.68 bits per heavy atom. The van der Waals surface area contributed by atoms with Gasteiger partial charge in [0.25, 0.3) is 5.91 Å². The van der Waals surface area contributed by atoms with Gasteiger partial charge in [0.2, 0.25) is 0 Å². The number of hydrogen-bond acceptors (Lipinski definition) is 3. The third-order valence-corrected chi connectivity index (χ3v) is 5.25. The van der Waals surface area contributed by atoms with Crippen molar-refractivity contribution in [3.63, 3.8) is 0 Å². The van der Waals surface area contributed by atoms with Crippen molar-refractivity contribution in [2.24, 2.45) is 0 Å². The van der Waals surface area contributed by atoms with Crippen LogP contribution in [0.5, 0.6) is 0 Å². The molecule has 1 aromatic carbocycles. The van der Waals surface area contributed by atoms with Gasteiger partial charge in [-0.15, -0.1) is 11.8 Å². The number of rotatable bonds is 2. The first-order chi connectivity index (χ1) is 10.6. The SMILES string of the molecule is Cc1cc(C)cc(C(=O)N2CCSC(c3ccco3)CC2)c1. The van der Waals surface area contributed by atoms with Crippen LogP contribution in [-0.4, -0.2) is 29.6 Å². The average Bonchev–Trinajstić information content (AvgIpc) is 2.90. The van der Waals surface area contributed by atoms with Gasteiger partial charge in [-0.1, -0.05) is 17.2 Å². The van der Waals surface area contributed by atoms with Gasteiger partial charge in [0.05, 0.1) is 11.5 Å². The second-order valence-corrected chi connectivity index (χ2v) is 7.14. The molecule has 1 aliphatic rings. The fraction of sp³-hybridized carbons (Fsp3) is 0.389. The van der Waals surface area contributed by atoms with Gasteiger partial charge in [-0.05, 0) is 44.5 Å². The maximum Gasteiger partial charge on any atom is 0.253 e. The van der Waals surface area contributed by atoms with Crippen LogP contribution >= 0.6 is 11.8 Å². The standard InChI is InChI=1S/C18H21NO2S/c1-13-10-14(2)12-15(11-13)18(20)19-6-5-17(22-9-7-19)16-4-3-8-21-16/h3-4,8,10-12,17H,5-7,9H2,1-2H3. The summed E-state index contributed by atoms with van der Waals surface area (Å²) in [5, 5.41) is 0.354. The minimum absolute atomic E-state index is 0.146. The molecule has 1 amide bonds. The lowest BCUT2D eigenvalue weighted by Crippen LogP contribution is -2.33. The monoisotopic (exact) mass is 315 g/mol. The van der Waals surface area contributed by atoms with Crippen LogP contribution < -0.4 is 0 Å². The molecular weight excluding hydrogens is 294 g/mol. The predicted molar refractivity (Wildman–Crippen MR) is 90.3 cm³/mol. The number of carbonyl (C=O) groups is 1. The Balaban J connectivity index is 1.71. The van der Waals surface area contributed by atoms with Gasteiger partial charge in [-0.2, -0.15) is 0 Å². The molecule has 0 aliphatic carbocycles. The van der Waals surface area contributed by atoms with Crippen molar-refractivity contribution in [3.05, 3.63) is 59.0 Å². The maximum atomic E-state index is 12.7. The topological polar surface area (TPSA) is 33.5 Å². The summed E-state index contributed by atoms with van der Waals surface area (Å²) < 4.78 is 5.52. The molecule has 3 nitrogen and oxygen atoms in total. The molecule has 1 unspecified atom stereocenters. The van der Waals surface area contributed by atoms with Gasteiger partial charge in [-0.3, -0.25) is 4.79 Å². The van der Waals surface area contributed by atoms with E-state index in [9.17, 15) is 4.79 Å². The molecular formula is C18H21NO2S. The highest BCUT2D eigenvalue weighted by molar-refractivity contribution is 7.99. The van der Waals surface area contributed by atoms with E-state index >= 15 is 0 Å². The van der Waals surface area contributed by atoms with Gasteiger partial charge >= 0.3 is 0 Å². The lowest BCUT2D eigenvalue weighted by molar-refractivity contribution is 0.0766. The molecule has 1 aromatic heterocycles. The number of carbonyl (C=O) groups excluding carboxylic acids is 1. The molecule has 1 atom stereocenters. The molecule has 1 saturated heterocycles. The lowest BCUT2D eigenvalue weighted by Gasteiger charge is -2.20. The van der Waals surface area contributed by atoms with Crippen LogP contribution in [0.15, 0.2) is 41.0 Å². The summed E-state index contributed by atoms with van der Waals surface area (Å²) in [5.41, 5.74) is 3.08. The van der Waals surface area contributed by atoms with Crippen molar-refractivity contribution >= 4 is 17.7 Å². The summed E-state index contributed by atoms with van der Waals surface area (Å²) in [7, 11) is 0. The highest BCUT2D eigenvalue weighted by Crippen LogP contribution is 2.34. The number of amides is 1. The second kappa shape index (κ2) is 6.61. The molecule has 0 saturated carbocycles. The maximum absolute atomic E-state index is 12.7. The average molecular weight is 315 g/mol. The summed E-state index contributed by atoms with van der Waals surface area (Å²) in [6, 6.07) is 10.0. The van der Waals surface area contributed by atoms with Gasteiger partial charge in [-0.25, -0.2) is 0 Å². The van der Waals surface area contributed by atoms with Crippen molar-refractivity contribution in [2.45, 2.75) is 25.5 Å². The number of aryl methyl sites for hydroxylation is 2. The summed E-state index contributed by atoms with van der Waals surface area (Å²) in [5.74, 6) is 2.11. The second-order valence-electron chi connectivity index (χ2n) is 5.83. The number of nitrogens with zero attached hydrogens (tertiary/aromatic N) is 1. The quantitative estimate of drug-likeness (QED) is 0.832. The lowest BCUT2D eigenvalue weighted by atomic mass is 10.1. The molecule has 116 valence electrons. The zero-order valence-corrected chi connectivity index (χ0v) is 13.9. The fourth-order valence-corrected chi connectivity index (χ4v) is 4.14. The number of furan rings is 1. The van der Waals surface area contributed by atoms with Crippen LogP contribution in [0, 0.1) is 13.8 Å². The third-order valence-electron chi connectivity index (χ3n) is 3.96. The summed E-state index contributed by atoms with van der Waals surface area (Å²) in [6.45, 7) is 5.65. The van der Waals surface area contributed by atoms with E-state index in [1.165, 1.54) is 0 Å². The summed E-state index contributed by atoms with van der Waals surface area (Å²) >= 11 is 1.88. The van der Waals surface area contributed by atoms with Gasteiger partial charge in [0.1, 0.15) is 5.76 Å². The molecule has 22 heavy (non-hydrogen) atoms.